The van der Waals surface area contributed by atoms with Gasteiger partial charge in [0.05, 0.1) is 7.11 Å². The van der Waals surface area contributed by atoms with Gasteiger partial charge in [0, 0.05) is 5.56 Å². The van der Waals surface area contributed by atoms with E-state index in [-0.39, 0.29) is 0 Å². The molecule has 1 amide bonds. The van der Waals surface area contributed by atoms with Crippen LogP contribution in [0.15, 0.2) is 48.5 Å². The lowest BCUT2D eigenvalue weighted by atomic mass is 10.0. The van der Waals surface area contributed by atoms with Crippen LogP contribution in [0.3, 0.4) is 0 Å². The van der Waals surface area contributed by atoms with Gasteiger partial charge in [0.2, 0.25) is 5.91 Å². The highest BCUT2D eigenvalue weighted by molar-refractivity contribution is 5.92. The average Bonchev–Trinajstić information content (AvgIpc) is 2.40. The van der Waals surface area contributed by atoms with Crippen LogP contribution in [-0.2, 0) is 6.42 Å². The van der Waals surface area contributed by atoms with Crippen LogP contribution < -0.4 is 10.5 Å². The van der Waals surface area contributed by atoms with Crippen LogP contribution in [0.1, 0.15) is 21.5 Å². The van der Waals surface area contributed by atoms with E-state index in [1.54, 1.807) is 13.2 Å². The lowest BCUT2D eigenvalue weighted by Crippen LogP contribution is -2.10. The largest absolute Gasteiger partial charge is 0.497 e. The molecule has 2 aromatic rings. The van der Waals surface area contributed by atoms with Crippen LogP contribution >= 0.6 is 0 Å². The van der Waals surface area contributed by atoms with Crippen LogP contribution in [0.25, 0.3) is 0 Å². The smallest absolute Gasteiger partial charge is 0.248 e. The SMILES string of the molecule is COc1ccc(Cc2cccc(C(N)=O)c2)cc1. The van der Waals surface area contributed by atoms with E-state index >= 15 is 0 Å². The number of benzene rings is 2. The van der Waals surface area contributed by atoms with Crippen molar-refractivity contribution in [1.29, 1.82) is 0 Å². The van der Waals surface area contributed by atoms with E-state index in [1.807, 2.05) is 42.5 Å². The third-order valence-electron chi connectivity index (χ3n) is 2.78. The fourth-order valence-electron chi connectivity index (χ4n) is 1.81. The molecule has 3 nitrogen and oxygen atoms in total. The van der Waals surface area contributed by atoms with Crippen molar-refractivity contribution in [2.45, 2.75) is 6.42 Å². The summed E-state index contributed by atoms with van der Waals surface area (Å²) in [6, 6.07) is 15.2. The van der Waals surface area contributed by atoms with Crippen molar-refractivity contribution in [3.63, 3.8) is 0 Å². The summed E-state index contributed by atoms with van der Waals surface area (Å²) in [7, 11) is 1.64. The van der Waals surface area contributed by atoms with Gasteiger partial charge in [-0.15, -0.1) is 0 Å². The summed E-state index contributed by atoms with van der Waals surface area (Å²) in [5.41, 5.74) is 8.03. The molecular weight excluding hydrogens is 226 g/mol. The second-order valence-corrected chi connectivity index (χ2v) is 4.09. The Morgan fingerprint density at radius 3 is 2.44 bits per heavy atom. The third-order valence-corrected chi connectivity index (χ3v) is 2.78. The normalized spacial score (nSPS) is 10.1. The maximum Gasteiger partial charge on any atom is 0.248 e. The van der Waals surface area contributed by atoms with Gasteiger partial charge < -0.3 is 10.5 Å². The maximum absolute atomic E-state index is 11.1. The Hall–Kier alpha value is -2.29. The highest BCUT2D eigenvalue weighted by Gasteiger charge is 2.02. The number of primary amides is 1. The van der Waals surface area contributed by atoms with Crippen molar-refractivity contribution in [3.8, 4) is 5.75 Å². The summed E-state index contributed by atoms with van der Waals surface area (Å²) in [5, 5.41) is 0. The molecule has 2 aromatic carbocycles. The number of methoxy groups -OCH3 is 1. The summed E-state index contributed by atoms with van der Waals surface area (Å²) in [4.78, 5) is 11.1. The summed E-state index contributed by atoms with van der Waals surface area (Å²) < 4.78 is 5.11. The van der Waals surface area contributed by atoms with Crippen LogP contribution in [0.4, 0.5) is 0 Å². The molecule has 3 heteroatoms. The van der Waals surface area contributed by atoms with E-state index in [2.05, 4.69) is 0 Å². The molecule has 0 aliphatic carbocycles. The number of ether oxygens (including phenoxy) is 1. The van der Waals surface area contributed by atoms with Crippen molar-refractivity contribution < 1.29 is 9.53 Å². The first-order chi connectivity index (χ1) is 8.69. The number of hydrogen-bond donors (Lipinski definition) is 1. The van der Waals surface area contributed by atoms with Crippen LogP contribution in [0.5, 0.6) is 5.75 Å². The van der Waals surface area contributed by atoms with Gasteiger partial charge in [-0.05, 0) is 41.8 Å². The Kier molecular flexibility index (Phi) is 3.63. The molecule has 0 atom stereocenters. The molecule has 0 saturated heterocycles. The standard InChI is InChI=1S/C15H15NO2/c1-18-14-7-5-11(6-8-14)9-12-3-2-4-13(10-12)15(16)17/h2-8,10H,9H2,1H3,(H2,16,17). The first kappa shape index (κ1) is 12.2. The predicted octanol–water partition coefficient (Wildman–Crippen LogP) is 2.38. The topological polar surface area (TPSA) is 52.3 Å². The summed E-state index contributed by atoms with van der Waals surface area (Å²) >= 11 is 0. The van der Waals surface area contributed by atoms with Gasteiger partial charge in [0.1, 0.15) is 5.75 Å². The first-order valence-corrected chi connectivity index (χ1v) is 5.71. The zero-order valence-electron chi connectivity index (χ0n) is 10.2. The number of rotatable bonds is 4. The fourth-order valence-corrected chi connectivity index (χ4v) is 1.81. The van der Waals surface area contributed by atoms with E-state index in [1.165, 1.54) is 0 Å². The van der Waals surface area contributed by atoms with Gasteiger partial charge in [-0.3, -0.25) is 4.79 Å². The number of nitrogens with two attached hydrogens (primary N) is 1. The minimum Gasteiger partial charge on any atom is -0.497 e. The van der Waals surface area contributed by atoms with E-state index in [0.29, 0.717) is 5.56 Å². The Bertz CT molecular complexity index is 547. The Labute approximate surface area is 106 Å². The monoisotopic (exact) mass is 241 g/mol. The summed E-state index contributed by atoms with van der Waals surface area (Å²) in [6.45, 7) is 0. The molecular formula is C15H15NO2. The van der Waals surface area contributed by atoms with Gasteiger partial charge >= 0.3 is 0 Å². The Morgan fingerprint density at radius 2 is 1.83 bits per heavy atom. The van der Waals surface area contributed by atoms with E-state index in [9.17, 15) is 4.79 Å². The number of hydrogen-bond acceptors (Lipinski definition) is 2. The number of carbonyl (C=O) groups excluding carboxylic acids is 1. The van der Waals surface area contributed by atoms with Crippen molar-refractivity contribution in [1.82, 2.24) is 0 Å². The van der Waals surface area contributed by atoms with Gasteiger partial charge in [-0.2, -0.15) is 0 Å². The summed E-state index contributed by atoms with van der Waals surface area (Å²) in [6.07, 6.45) is 0.769. The van der Waals surface area contributed by atoms with E-state index in [0.717, 1.165) is 23.3 Å². The predicted molar refractivity (Wildman–Crippen MR) is 70.8 cm³/mol. The zero-order chi connectivity index (χ0) is 13.0. The molecule has 0 heterocycles. The van der Waals surface area contributed by atoms with Crippen LogP contribution in [0, 0.1) is 0 Å². The quantitative estimate of drug-likeness (QED) is 0.893. The van der Waals surface area contributed by atoms with Crippen LogP contribution in [-0.4, -0.2) is 13.0 Å². The third kappa shape index (κ3) is 2.88. The van der Waals surface area contributed by atoms with Gasteiger partial charge in [-0.25, -0.2) is 0 Å². The molecule has 92 valence electrons. The minimum atomic E-state index is -0.397. The molecule has 0 aliphatic heterocycles. The Balaban J connectivity index is 2.17. The summed E-state index contributed by atoms with van der Waals surface area (Å²) in [5.74, 6) is 0.441. The van der Waals surface area contributed by atoms with Gasteiger partial charge in [0.15, 0.2) is 0 Å². The maximum atomic E-state index is 11.1. The molecule has 0 radical (unpaired) electrons. The van der Waals surface area contributed by atoms with Gasteiger partial charge in [0.25, 0.3) is 0 Å². The van der Waals surface area contributed by atoms with E-state index < -0.39 is 5.91 Å². The highest BCUT2D eigenvalue weighted by Crippen LogP contribution is 2.15. The molecule has 0 unspecified atom stereocenters. The lowest BCUT2D eigenvalue weighted by molar-refractivity contribution is 0.1000. The molecule has 0 saturated carbocycles. The van der Waals surface area contributed by atoms with Crippen molar-refractivity contribution >= 4 is 5.91 Å². The molecule has 0 aliphatic rings. The molecule has 0 spiro atoms. The molecule has 0 aromatic heterocycles. The lowest BCUT2D eigenvalue weighted by Gasteiger charge is -2.05. The molecule has 2 rings (SSSR count). The second kappa shape index (κ2) is 5.36. The second-order valence-electron chi connectivity index (χ2n) is 4.09. The molecule has 2 N–H and O–H groups in total. The van der Waals surface area contributed by atoms with Gasteiger partial charge in [-0.1, -0.05) is 24.3 Å². The molecule has 0 fully saturated rings. The zero-order valence-corrected chi connectivity index (χ0v) is 10.2. The van der Waals surface area contributed by atoms with Crippen molar-refractivity contribution in [2.75, 3.05) is 7.11 Å². The fraction of sp³-hybridized carbons (Fsp3) is 0.133. The number of carbonyl (C=O) groups is 1. The minimum absolute atomic E-state index is 0.397. The average molecular weight is 241 g/mol. The Morgan fingerprint density at radius 1 is 1.11 bits per heavy atom. The van der Waals surface area contributed by atoms with Crippen LogP contribution in [0.2, 0.25) is 0 Å². The highest BCUT2D eigenvalue weighted by atomic mass is 16.5. The molecule has 18 heavy (non-hydrogen) atoms. The molecule has 0 bridgehead atoms. The van der Waals surface area contributed by atoms with E-state index in [4.69, 9.17) is 10.5 Å². The number of amides is 1. The van der Waals surface area contributed by atoms with Crippen molar-refractivity contribution in [3.05, 3.63) is 65.2 Å². The first-order valence-electron chi connectivity index (χ1n) is 5.71. The van der Waals surface area contributed by atoms with Crippen molar-refractivity contribution in [2.24, 2.45) is 5.73 Å².